The first-order valence-electron chi connectivity index (χ1n) is 9.00. The molecule has 144 valence electrons. The molecule has 0 atom stereocenters. The van der Waals surface area contributed by atoms with Gasteiger partial charge in [0.05, 0.1) is 4.92 Å². The molecule has 0 saturated heterocycles. The van der Waals surface area contributed by atoms with Crippen molar-refractivity contribution in [3.8, 4) is 5.75 Å². The Morgan fingerprint density at radius 3 is 2.19 bits per heavy atom. The van der Waals surface area contributed by atoms with Gasteiger partial charge in [0, 0.05) is 11.6 Å². The van der Waals surface area contributed by atoms with Gasteiger partial charge < -0.3 is 5.11 Å². The van der Waals surface area contributed by atoms with Crippen molar-refractivity contribution in [2.45, 2.75) is 58.8 Å². The first-order chi connectivity index (χ1) is 12.5. The van der Waals surface area contributed by atoms with Gasteiger partial charge in [-0.2, -0.15) is 0 Å². The Labute approximate surface area is 160 Å². The van der Waals surface area contributed by atoms with Gasteiger partial charge in [0.1, 0.15) is 11.4 Å². The largest absolute Gasteiger partial charge is 0.505 e. The predicted octanol–water partition coefficient (Wildman–Crippen LogP) is 6.70. The fraction of sp³-hybridized carbons (Fsp3) is 0.429. The Morgan fingerprint density at radius 1 is 1.04 bits per heavy atom. The van der Waals surface area contributed by atoms with Crippen LogP contribution >= 0.6 is 0 Å². The lowest BCUT2D eigenvalue weighted by Gasteiger charge is -2.28. The molecule has 6 heteroatoms. The number of benzene rings is 2. The summed E-state index contributed by atoms with van der Waals surface area (Å²) < 4.78 is 0. The maximum atomic E-state index is 11.2. The van der Waals surface area contributed by atoms with Crippen LogP contribution in [0, 0.1) is 10.1 Å². The fourth-order valence-electron chi connectivity index (χ4n) is 2.67. The smallest absolute Gasteiger partial charge is 0.296 e. The van der Waals surface area contributed by atoms with Crippen LogP contribution in [0.4, 0.5) is 17.1 Å². The summed E-state index contributed by atoms with van der Waals surface area (Å²) in [5.41, 5.74) is 1.78. The number of azo groups is 1. The summed E-state index contributed by atoms with van der Waals surface area (Å²) >= 11 is 0. The molecular weight excluding hydrogens is 342 g/mol. The Balaban J connectivity index is 2.63. The Kier molecular flexibility index (Phi) is 5.68. The molecule has 0 aromatic heterocycles. The zero-order valence-corrected chi connectivity index (χ0v) is 16.8. The number of nitrogens with zero attached hydrogens (tertiary/aromatic N) is 3. The van der Waals surface area contributed by atoms with Gasteiger partial charge in [-0.05, 0) is 34.9 Å². The highest BCUT2D eigenvalue weighted by molar-refractivity contribution is 5.61. The van der Waals surface area contributed by atoms with Crippen molar-refractivity contribution < 1.29 is 10.0 Å². The van der Waals surface area contributed by atoms with Crippen LogP contribution in [0.25, 0.3) is 0 Å². The standard InChI is InChI=1S/C21H27N3O3/c1-7-21(5,6)14-12-15(20(2,3)4)19(25)17(13-14)23-22-16-10-8-9-11-18(16)24(26)27/h8-13,25H,7H2,1-6H3. The topological polar surface area (TPSA) is 88.1 Å². The number of nitro groups is 1. The van der Waals surface area contributed by atoms with Crippen LogP contribution in [0.5, 0.6) is 5.75 Å². The molecule has 0 aliphatic heterocycles. The number of para-hydroxylation sites is 1. The molecule has 2 aromatic carbocycles. The lowest BCUT2D eigenvalue weighted by atomic mass is 9.77. The SMILES string of the molecule is CCC(C)(C)c1cc(N=Nc2ccccc2[N+](=O)[O-])c(O)c(C(C)(C)C)c1. The van der Waals surface area contributed by atoms with Crippen molar-refractivity contribution in [3.63, 3.8) is 0 Å². The maximum Gasteiger partial charge on any atom is 0.296 e. The van der Waals surface area contributed by atoms with E-state index in [1.54, 1.807) is 12.1 Å². The number of phenols is 1. The van der Waals surface area contributed by atoms with Gasteiger partial charge in [-0.25, -0.2) is 0 Å². The van der Waals surface area contributed by atoms with Crippen LogP contribution in [0.3, 0.4) is 0 Å². The van der Waals surface area contributed by atoms with Crippen molar-refractivity contribution >= 4 is 17.1 Å². The van der Waals surface area contributed by atoms with Crippen LogP contribution < -0.4 is 0 Å². The van der Waals surface area contributed by atoms with E-state index in [4.69, 9.17) is 0 Å². The molecule has 0 bridgehead atoms. The van der Waals surface area contributed by atoms with Gasteiger partial charge in [-0.15, -0.1) is 10.2 Å². The van der Waals surface area contributed by atoms with Crippen molar-refractivity contribution in [1.82, 2.24) is 0 Å². The summed E-state index contributed by atoms with van der Waals surface area (Å²) in [5.74, 6) is 0.0560. The van der Waals surface area contributed by atoms with Crippen molar-refractivity contribution in [2.24, 2.45) is 10.2 Å². The third kappa shape index (κ3) is 4.51. The van der Waals surface area contributed by atoms with E-state index in [9.17, 15) is 15.2 Å². The minimum absolute atomic E-state index is 0.0560. The van der Waals surface area contributed by atoms with E-state index in [0.717, 1.165) is 17.5 Å². The van der Waals surface area contributed by atoms with Crippen LogP contribution in [0.15, 0.2) is 46.6 Å². The fourth-order valence-corrected chi connectivity index (χ4v) is 2.67. The molecule has 0 saturated carbocycles. The molecule has 0 radical (unpaired) electrons. The molecule has 0 fully saturated rings. The van der Waals surface area contributed by atoms with Crippen LogP contribution in [0.1, 0.15) is 59.1 Å². The molecule has 0 amide bonds. The van der Waals surface area contributed by atoms with Crippen molar-refractivity contribution in [2.75, 3.05) is 0 Å². The van der Waals surface area contributed by atoms with Crippen LogP contribution in [0.2, 0.25) is 0 Å². The molecule has 27 heavy (non-hydrogen) atoms. The lowest BCUT2D eigenvalue weighted by Crippen LogP contribution is -2.18. The highest BCUT2D eigenvalue weighted by Gasteiger charge is 2.26. The minimum atomic E-state index is -0.495. The third-order valence-corrected chi connectivity index (χ3v) is 4.91. The number of phenolic OH excluding ortho intramolecular Hbond substituents is 1. The van der Waals surface area contributed by atoms with Crippen molar-refractivity contribution in [1.29, 1.82) is 0 Å². The molecule has 2 rings (SSSR count). The summed E-state index contributed by atoms with van der Waals surface area (Å²) in [4.78, 5) is 10.7. The number of nitro benzene ring substituents is 1. The number of aromatic hydroxyl groups is 1. The second-order valence-corrected chi connectivity index (χ2v) is 8.32. The molecule has 2 aromatic rings. The van der Waals surface area contributed by atoms with E-state index in [2.05, 4.69) is 31.0 Å². The first-order valence-corrected chi connectivity index (χ1v) is 9.00. The summed E-state index contributed by atoms with van der Waals surface area (Å²) in [6.45, 7) is 12.4. The van der Waals surface area contributed by atoms with Gasteiger partial charge in [-0.1, -0.05) is 59.7 Å². The van der Waals surface area contributed by atoms with E-state index in [-0.39, 0.29) is 28.0 Å². The molecular formula is C21H27N3O3. The minimum Gasteiger partial charge on any atom is -0.505 e. The normalized spacial score (nSPS) is 12.5. The average molecular weight is 369 g/mol. The van der Waals surface area contributed by atoms with Crippen molar-refractivity contribution in [3.05, 3.63) is 57.6 Å². The van der Waals surface area contributed by atoms with Gasteiger partial charge in [0.15, 0.2) is 5.69 Å². The molecule has 0 aliphatic carbocycles. The monoisotopic (exact) mass is 369 g/mol. The molecule has 0 spiro atoms. The molecule has 0 unspecified atom stereocenters. The van der Waals surface area contributed by atoms with Crippen LogP contribution in [-0.4, -0.2) is 10.0 Å². The quantitative estimate of drug-likeness (QED) is 0.361. The second kappa shape index (κ2) is 7.47. The Morgan fingerprint density at radius 2 is 1.63 bits per heavy atom. The second-order valence-electron chi connectivity index (χ2n) is 8.32. The van der Waals surface area contributed by atoms with E-state index in [1.807, 2.05) is 32.9 Å². The van der Waals surface area contributed by atoms with Gasteiger partial charge in [0.25, 0.3) is 5.69 Å². The number of hydrogen-bond acceptors (Lipinski definition) is 5. The summed E-state index contributed by atoms with van der Waals surface area (Å²) in [5, 5.41) is 30.1. The maximum absolute atomic E-state index is 11.2. The molecule has 0 heterocycles. The Bertz CT molecular complexity index is 881. The average Bonchev–Trinajstić information content (AvgIpc) is 2.59. The zero-order chi connectivity index (χ0) is 20.4. The predicted molar refractivity (Wildman–Crippen MR) is 107 cm³/mol. The van der Waals surface area contributed by atoms with E-state index in [0.29, 0.717) is 5.69 Å². The van der Waals surface area contributed by atoms with Gasteiger partial charge in [0.2, 0.25) is 0 Å². The number of rotatable bonds is 5. The molecule has 1 N–H and O–H groups in total. The lowest BCUT2D eigenvalue weighted by molar-refractivity contribution is -0.384. The molecule has 6 nitrogen and oxygen atoms in total. The number of hydrogen-bond donors (Lipinski definition) is 1. The Hall–Kier alpha value is -2.76. The summed E-state index contributed by atoms with van der Waals surface area (Å²) in [6, 6.07) is 9.99. The highest BCUT2D eigenvalue weighted by atomic mass is 16.6. The first kappa shape index (κ1) is 20.6. The van der Waals surface area contributed by atoms with Gasteiger partial charge in [-0.3, -0.25) is 10.1 Å². The van der Waals surface area contributed by atoms with E-state index < -0.39 is 4.92 Å². The summed E-state index contributed by atoms with van der Waals surface area (Å²) in [7, 11) is 0. The highest BCUT2D eigenvalue weighted by Crippen LogP contribution is 2.43. The molecule has 0 aliphatic rings. The third-order valence-electron chi connectivity index (χ3n) is 4.91. The van der Waals surface area contributed by atoms with E-state index in [1.165, 1.54) is 12.1 Å². The summed E-state index contributed by atoms with van der Waals surface area (Å²) in [6.07, 6.45) is 0.919. The van der Waals surface area contributed by atoms with Gasteiger partial charge >= 0.3 is 0 Å². The van der Waals surface area contributed by atoms with Crippen LogP contribution in [-0.2, 0) is 10.8 Å². The van der Waals surface area contributed by atoms with E-state index >= 15 is 0 Å². The zero-order valence-electron chi connectivity index (χ0n) is 16.8.